The van der Waals surface area contributed by atoms with Gasteiger partial charge >= 0.3 is 9.28 Å². The maximum Gasteiger partial charge on any atom is 0.326 e. The fourth-order valence-corrected chi connectivity index (χ4v) is 4.90. The van der Waals surface area contributed by atoms with Gasteiger partial charge in [0.2, 0.25) is 0 Å². The fourth-order valence-electron chi connectivity index (χ4n) is 2.92. The predicted octanol–water partition coefficient (Wildman–Crippen LogP) is 1.08. The van der Waals surface area contributed by atoms with E-state index in [1.54, 1.807) is 21.3 Å². The summed E-state index contributed by atoms with van der Waals surface area (Å²) in [5.74, 6) is 0.441. The minimum Gasteiger partial charge on any atom is -0.400 e. The third kappa shape index (κ3) is 4.80. The molecule has 1 fully saturated rings. The maximum absolute atomic E-state index is 9.89. The first-order valence-electron chi connectivity index (χ1n) is 7.02. The number of ether oxygens (including phenoxy) is 2. The van der Waals surface area contributed by atoms with E-state index in [2.05, 4.69) is 0 Å². The van der Waals surface area contributed by atoms with Gasteiger partial charge in [-0.25, -0.2) is 0 Å². The molecule has 0 bridgehead atoms. The van der Waals surface area contributed by atoms with Crippen LogP contribution in [0, 0.1) is 5.92 Å². The second-order valence-electron chi connectivity index (χ2n) is 5.08. The van der Waals surface area contributed by atoms with Crippen molar-refractivity contribution in [2.24, 2.45) is 5.92 Å². The van der Waals surface area contributed by atoms with Gasteiger partial charge in [-0.05, 0) is 32.1 Å². The lowest BCUT2D eigenvalue weighted by molar-refractivity contribution is -0.0554. The molecule has 0 saturated heterocycles. The van der Waals surface area contributed by atoms with Crippen LogP contribution in [0.15, 0.2) is 0 Å². The number of aliphatic hydroxyl groups is 1. The Morgan fingerprint density at radius 2 is 1.89 bits per heavy atom. The van der Waals surface area contributed by atoms with Crippen molar-refractivity contribution in [2.45, 2.75) is 43.9 Å². The molecule has 0 aromatic rings. The van der Waals surface area contributed by atoms with Crippen LogP contribution in [0.2, 0.25) is 5.54 Å². The highest BCUT2D eigenvalue weighted by atomic mass is 28.3. The molecule has 1 saturated carbocycles. The zero-order valence-corrected chi connectivity index (χ0v) is 13.7. The Hall–Kier alpha value is 0.0169. The average molecular weight is 292 g/mol. The normalized spacial score (nSPS) is 29.7. The molecule has 1 aliphatic carbocycles. The zero-order chi connectivity index (χ0) is 14.3. The van der Waals surface area contributed by atoms with Gasteiger partial charge in [-0.1, -0.05) is 0 Å². The van der Waals surface area contributed by atoms with Gasteiger partial charge in [-0.2, -0.15) is 0 Å². The molecule has 0 aliphatic heterocycles. The summed E-state index contributed by atoms with van der Waals surface area (Å²) in [5, 5.41) is 9.89. The molecule has 1 rings (SSSR count). The van der Waals surface area contributed by atoms with Gasteiger partial charge in [-0.15, -0.1) is 0 Å². The van der Waals surface area contributed by atoms with E-state index >= 15 is 0 Å². The van der Waals surface area contributed by atoms with Gasteiger partial charge in [0.05, 0.1) is 18.8 Å². The van der Waals surface area contributed by atoms with Crippen molar-refractivity contribution in [3.8, 4) is 0 Å². The van der Waals surface area contributed by atoms with Crippen LogP contribution in [-0.4, -0.2) is 61.1 Å². The number of aliphatic hydroxyl groups excluding tert-OH is 1. The van der Waals surface area contributed by atoms with Gasteiger partial charge in [0.25, 0.3) is 0 Å². The van der Waals surface area contributed by atoms with Gasteiger partial charge in [0.15, 0.2) is 0 Å². The Kier molecular flexibility index (Phi) is 8.13. The molecule has 1 N–H and O–H groups in total. The van der Waals surface area contributed by atoms with Crippen LogP contribution >= 0.6 is 0 Å². The second kappa shape index (κ2) is 9.04. The van der Waals surface area contributed by atoms with E-state index in [9.17, 15) is 5.11 Å². The zero-order valence-electron chi connectivity index (χ0n) is 12.5. The Labute approximate surface area is 118 Å². The van der Waals surface area contributed by atoms with Gasteiger partial charge in [0, 0.05) is 33.5 Å². The summed E-state index contributed by atoms with van der Waals surface area (Å²) in [6, 6.07) is 0. The lowest BCUT2D eigenvalue weighted by atomic mass is 9.83. The topological polar surface area (TPSA) is 57.2 Å². The summed E-state index contributed by atoms with van der Waals surface area (Å²) in [5.41, 5.74) is 0.306. The molecule has 0 heterocycles. The standard InChI is InChI=1S/C13H28O5Si/c1-5-18-9-13(19(16-3)17-4)10-6-7-11(14)12(8-10)15-2/h10-14,19H,5-9H2,1-4H3. The highest BCUT2D eigenvalue weighted by molar-refractivity contribution is 6.46. The first-order valence-corrected chi connectivity index (χ1v) is 8.63. The van der Waals surface area contributed by atoms with Crippen molar-refractivity contribution >= 4 is 9.28 Å². The number of rotatable bonds is 8. The molecular formula is C13H28O5Si. The van der Waals surface area contributed by atoms with Crippen LogP contribution in [0.4, 0.5) is 0 Å². The number of hydrogen-bond donors (Lipinski definition) is 1. The van der Waals surface area contributed by atoms with E-state index in [1.165, 1.54) is 0 Å². The van der Waals surface area contributed by atoms with Crippen molar-refractivity contribution in [1.29, 1.82) is 0 Å². The van der Waals surface area contributed by atoms with Gasteiger partial charge in [0.1, 0.15) is 0 Å². The summed E-state index contributed by atoms with van der Waals surface area (Å²) in [6.45, 7) is 3.37. The quantitative estimate of drug-likeness (QED) is 0.679. The van der Waals surface area contributed by atoms with Crippen LogP contribution in [0.25, 0.3) is 0 Å². The first-order chi connectivity index (χ1) is 9.17. The van der Waals surface area contributed by atoms with Crippen molar-refractivity contribution in [1.82, 2.24) is 0 Å². The van der Waals surface area contributed by atoms with E-state index in [-0.39, 0.29) is 12.2 Å². The van der Waals surface area contributed by atoms with Crippen LogP contribution < -0.4 is 0 Å². The van der Waals surface area contributed by atoms with Crippen molar-refractivity contribution in [3.05, 3.63) is 0 Å². The molecule has 19 heavy (non-hydrogen) atoms. The Bertz CT molecular complexity index is 237. The molecule has 5 nitrogen and oxygen atoms in total. The second-order valence-corrected chi connectivity index (χ2v) is 7.61. The van der Waals surface area contributed by atoms with E-state index in [0.717, 1.165) is 19.3 Å². The van der Waals surface area contributed by atoms with Crippen molar-refractivity contribution in [2.75, 3.05) is 34.5 Å². The number of hydrogen-bond acceptors (Lipinski definition) is 5. The van der Waals surface area contributed by atoms with Gasteiger partial charge in [-0.3, -0.25) is 0 Å². The Morgan fingerprint density at radius 3 is 2.42 bits per heavy atom. The highest BCUT2D eigenvalue weighted by Crippen LogP contribution is 2.37. The Balaban J connectivity index is 2.67. The summed E-state index contributed by atoms with van der Waals surface area (Å²) < 4.78 is 22.1. The molecule has 0 amide bonds. The molecule has 4 unspecified atom stereocenters. The Morgan fingerprint density at radius 1 is 1.21 bits per heavy atom. The number of methoxy groups -OCH3 is 1. The molecule has 0 aromatic carbocycles. The molecule has 0 aromatic heterocycles. The third-order valence-corrected chi connectivity index (χ3v) is 6.40. The largest absolute Gasteiger partial charge is 0.400 e. The molecule has 0 radical (unpaired) electrons. The first kappa shape index (κ1) is 17.1. The lowest BCUT2D eigenvalue weighted by Gasteiger charge is -2.38. The monoisotopic (exact) mass is 292 g/mol. The summed E-state index contributed by atoms with van der Waals surface area (Å²) in [7, 11) is 3.36. The smallest absolute Gasteiger partial charge is 0.326 e. The average Bonchev–Trinajstić information content (AvgIpc) is 2.44. The van der Waals surface area contributed by atoms with Crippen LogP contribution in [0.1, 0.15) is 26.2 Å². The molecule has 6 heteroatoms. The van der Waals surface area contributed by atoms with E-state index in [4.69, 9.17) is 18.3 Å². The molecule has 114 valence electrons. The SMILES string of the molecule is CCOCC(C1CCC(O)C(OC)C1)[SiH](OC)OC. The van der Waals surface area contributed by atoms with Crippen LogP contribution in [0.5, 0.6) is 0 Å². The fraction of sp³-hybridized carbons (Fsp3) is 1.00. The minimum atomic E-state index is -1.73. The molecule has 4 atom stereocenters. The highest BCUT2D eigenvalue weighted by Gasteiger charge is 2.38. The molecule has 1 aliphatic rings. The van der Waals surface area contributed by atoms with Crippen LogP contribution in [0.3, 0.4) is 0 Å². The summed E-state index contributed by atoms with van der Waals surface area (Å²) >= 11 is 0. The summed E-state index contributed by atoms with van der Waals surface area (Å²) in [6.07, 6.45) is 2.19. The van der Waals surface area contributed by atoms with Crippen molar-refractivity contribution in [3.63, 3.8) is 0 Å². The van der Waals surface area contributed by atoms with Crippen LogP contribution in [-0.2, 0) is 18.3 Å². The molecular weight excluding hydrogens is 264 g/mol. The van der Waals surface area contributed by atoms with Gasteiger partial charge < -0.3 is 23.4 Å². The van der Waals surface area contributed by atoms with E-state index in [0.29, 0.717) is 24.7 Å². The predicted molar refractivity (Wildman–Crippen MR) is 75.6 cm³/mol. The third-order valence-electron chi connectivity index (χ3n) is 4.03. The van der Waals surface area contributed by atoms with Crippen molar-refractivity contribution < 1.29 is 23.4 Å². The lowest BCUT2D eigenvalue weighted by Crippen LogP contribution is -2.42. The summed E-state index contributed by atoms with van der Waals surface area (Å²) in [4.78, 5) is 0. The minimum absolute atomic E-state index is 0.0776. The van der Waals surface area contributed by atoms with E-state index < -0.39 is 9.28 Å². The molecule has 0 spiro atoms. The van der Waals surface area contributed by atoms with E-state index in [1.807, 2.05) is 6.92 Å². The maximum atomic E-state index is 9.89.